The number of carbonyl (C=O) groups is 2. The number of carbonyl (C=O) groups excluding carboxylic acids is 2. The Morgan fingerprint density at radius 3 is 2.39 bits per heavy atom. The zero-order valence-corrected chi connectivity index (χ0v) is 26.7. The van der Waals surface area contributed by atoms with Crippen molar-refractivity contribution in [1.29, 1.82) is 0 Å². The highest BCUT2D eigenvalue weighted by atomic mass is 35.5. The van der Waals surface area contributed by atoms with Crippen LogP contribution in [-0.4, -0.2) is 59.3 Å². The van der Waals surface area contributed by atoms with Gasteiger partial charge in [-0.1, -0.05) is 64.9 Å². The van der Waals surface area contributed by atoms with Gasteiger partial charge >= 0.3 is 0 Å². The maximum absolute atomic E-state index is 13.3. The number of aromatic nitrogens is 1. The minimum absolute atomic E-state index is 0.0838. The van der Waals surface area contributed by atoms with E-state index in [4.69, 9.17) is 23.2 Å². The second kappa shape index (κ2) is 13.7. The smallest absolute Gasteiger partial charge is 0.293 e. The number of thiazole rings is 1. The number of fused-ring (bicyclic) bond motifs is 1. The van der Waals surface area contributed by atoms with Gasteiger partial charge in [-0.3, -0.25) is 25.0 Å². The van der Waals surface area contributed by atoms with Crippen molar-refractivity contribution in [2.45, 2.75) is 6.42 Å². The third-order valence-corrected chi connectivity index (χ3v) is 9.39. The number of hydrogen-bond acceptors (Lipinski definition) is 8. The lowest BCUT2D eigenvalue weighted by molar-refractivity contribution is -0.384. The molecular formula is C33H28Cl2N6O4S. The van der Waals surface area contributed by atoms with Crippen molar-refractivity contribution < 1.29 is 14.5 Å². The molecule has 1 saturated heterocycles. The van der Waals surface area contributed by atoms with E-state index < -0.39 is 10.8 Å². The monoisotopic (exact) mass is 674 g/mol. The van der Waals surface area contributed by atoms with Gasteiger partial charge in [0.25, 0.3) is 17.5 Å². The number of halogens is 2. The third-order valence-electron chi connectivity index (χ3n) is 7.72. The van der Waals surface area contributed by atoms with Crippen molar-refractivity contribution >= 4 is 78.8 Å². The number of anilines is 3. The van der Waals surface area contributed by atoms with Crippen LogP contribution in [0.15, 0.2) is 84.9 Å². The number of nitrogens with zero attached hydrogens (tertiary/aromatic N) is 4. The van der Waals surface area contributed by atoms with Crippen molar-refractivity contribution in [2.75, 3.05) is 48.3 Å². The Bertz CT molecular complexity index is 1930. The van der Waals surface area contributed by atoms with E-state index in [1.54, 1.807) is 36.4 Å². The number of hydrogen-bond donors (Lipinski definition) is 2. The van der Waals surface area contributed by atoms with Gasteiger partial charge in [0.2, 0.25) is 0 Å². The molecule has 0 atom stereocenters. The van der Waals surface area contributed by atoms with E-state index in [-0.39, 0.29) is 17.2 Å². The molecule has 6 rings (SSSR count). The molecule has 4 aromatic carbocycles. The molecule has 1 aliphatic heterocycles. The number of benzene rings is 4. The molecule has 46 heavy (non-hydrogen) atoms. The summed E-state index contributed by atoms with van der Waals surface area (Å²) in [6.45, 7) is 2.92. The molecule has 2 heterocycles. The number of piperazine rings is 1. The molecule has 0 saturated carbocycles. The van der Waals surface area contributed by atoms with Gasteiger partial charge in [0.1, 0.15) is 5.69 Å². The summed E-state index contributed by atoms with van der Waals surface area (Å²) in [5.74, 6) is -0.603. The van der Waals surface area contributed by atoms with Crippen LogP contribution < -0.4 is 15.5 Å². The first kappa shape index (κ1) is 31.3. The molecule has 0 radical (unpaired) electrons. The Morgan fingerprint density at radius 2 is 1.65 bits per heavy atom. The SMILES string of the molecule is O=C(Nc1nc2ccc(C(=O)N3CCN(c4ccc(Cl)c(Cl)c4)CC3)cc2s1)c1ccc(NCCc2ccccc2)c([N+](=O)[O-])c1. The minimum atomic E-state index is -0.519. The summed E-state index contributed by atoms with van der Waals surface area (Å²) in [5.41, 5.74) is 3.52. The average Bonchev–Trinajstić information content (AvgIpc) is 3.47. The van der Waals surface area contributed by atoms with Crippen LogP contribution in [-0.2, 0) is 6.42 Å². The molecule has 1 aliphatic rings. The molecule has 234 valence electrons. The molecule has 0 unspecified atom stereocenters. The molecule has 5 aromatic rings. The molecular weight excluding hydrogens is 647 g/mol. The number of nitro groups is 1. The summed E-state index contributed by atoms with van der Waals surface area (Å²) in [6, 6.07) is 24.9. The molecule has 0 bridgehead atoms. The van der Waals surface area contributed by atoms with Gasteiger partial charge in [0.05, 0.1) is 25.2 Å². The van der Waals surface area contributed by atoms with Crippen molar-refractivity contribution in [1.82, 2.24) is 9.88 Å². The van der Waals surface area contributed by atoms with Crippen LogP contribution in [0.25, 0.3) is 10.2 Å². The Hall–Kier alpha value is -4.71. The summed E-state index contributed by atoms with van der Waals surface area (Å²) in [4.78, 5) is 46.1. The lowest BCUT2D eigenvalue weighted by Crippen LogP contribution is -2.48. The Balaban J connectivity index is 1.08. The fourth-order valence-electron chi connectivity index (χ4n) is 5.27. The number of nitrogens with one attached hydrogen (secondary N) is 2. The van der Waals surface area contributed by atoms with Crippen LogP contribution in [0, 0.1) is 10.1 Å². The van der Waals surface area contributed by atoms with Gasteiger partial charge < -0.3 is 15.1 Å². The predicted octanol–water partition coefficient (Wildman–Crippen LogP) is 7.38. The van der Waals surface area contributed by atoms with E-state index in [0.717, 1.165) is 16.0 Å². The van der Waals surface area contributed by atoms with Crippen molar-refractivity contribution in [3.8, 4) is 0 Å². The first-order chi connectivity index (χ1) is 22.2. The topological polar surface area (TPSA) is 121 Å². The van der Waals surface area contributed by atoms with Crippen LogP contribution in [0.5, 0.6) is 0 Å². The van der Waals surface area contributed by atoms with Gasteiger partial charge in [0, 0.05) is 55.6 Å². The lowest BCUT2D eigenvalue weighted by atomic mass is 10.1. The molecule has 10 nitrogen and oxygen atoms in total. The van der Waals surface area contributed by atoms with E-state index >= 15 is 0 Å². The minimum Gasteiger partial charge on any atom is -0.379 e. The summed E-state index contributed by atoms with van der Waals surface area (Å²) in [7, 11) is 0. The van der Waals surface area contributed by atoms with E-state index in [0.29, 0.717) is 71.1 Å². The second-order valence-corrected chi connectivity index (χ2v) is 12.5. The number of amides is 2. The number of rotatable bonds is 9. The molecule has 13 heteroatoms. The molecule has 2 amide bonds. The molecule has 0 aliphatic carbocycles. The van der Waals surface area contributed by atoms with Gasteiger partial charge in [0.15, 0.2) is 5.13 Å². The average molecular weight is 676 g/mol. The van der Waals surface area contributed by atoms with Gasteiger partial charge in [-0.25, -0.2) is 4.98 Å². The zero-order chi connectivity index (χ0) is 32.2. The quantitative estimate of drug-likeness (QED) is 0.124. The fourth-order valence-corrected chi connectivity index (χ4v) is 6.46. The van der Waals surface area contributed by atoms with Crippen molar-refractivity contribution in [3.05, 3.63) is 122 Å². The fraction of sp³-hybridized carbons (Fsp3) is 0.182. The van der Waals surface area contributed by atoms with E-state index in [2.05, 4.69) is 20.5 Å². The Kier molecular flexibility index (Phi) is 9.34. The summed E-state index contributed by atoms with van der Waals surface area (Å²) in [5, 5.41) is 19.0. The van der Waals surface area contributed by atoms with E-state index in [1.807, 2.05) is 47.4 Å². The van der Waals surface area contributed by atoms with Crippen LogP contribution in [0.1, 0.15) is 26.3 Å². The largest absolute Gasteiger partial charge is 0.379 e. The standard InChI is InChI=1S/C33H28Cl2N6O4S/c34-25-9-8-24(20-26(25)35)39-14-16-40(17-15-39)32(43)23-7-11-28-30(19-23)46-33(37-28)38-31(42)22-6-10-27(29(18-22)41(44)45)36-13-12-21-4-2-1-3-5-21/h1-11,18-20,36H,12-17H2,(H,37,38,42). The van der Waals surface area contributed by atoms with Crippen LogP contribution >= 0.6 is 34.5 Å². The van der Waals surface area contributed by atoms with E-state index in [9.17, 15) is 19.7 Å². The normalized spacial score (nSPS) is 13.1. The highest BCUT2D eigenvalue weighted by Gasteiger charge is 2.24. The Labute approximate surface area is 278 Å². The summed E-state index contributed by atoms with van der Waals surface area (Å²) in [6.07, 6.45) is 0.696. The summed E-state index contributed by atoms with van der Waals surface area (Å²) < 4.78 is 0.736. The first-order valence-electron chi connectivity index (χ1n) is 14.5. The Morgan fingerprint density at radius 1 is 0.891 bits per heavy atom. The first-order valence-corrected chi connectivity index (χ1v) is 16.1. The maximum Gasteiger partial charge on any atom is 0.293 e. The lowest BCUT2D eigenvalue weighted by Gasteiger charge is -2.36. The van der Waals surface area contributed by atoms with Gasteiger partial charge in [-0.05, 0) is 60.5 Å². The molecule has 1 fully saturated rings. The maximum atomic E-state index is 13.3. The molecule has 1 aromatic heterocycles. The van der Waals surface area contributed by atoms with Crippen LogP contribution in [0.3, 0.4) is 0 Å². The number of nitro benzene ring substituents is 1. The molecule has 2 N–H and O–H groups in total. The second-order valence-electron chi connectivity index (χ2n) is 10.7. The predicted molar refractivity (Wildman–Crippen MR) is 184 cm³/mol. The molecule has 0 spiro atoms. The zero-order valence-electron chi connectivity index (χ0n) is 24.4. The van der Waals surface area contributed by atoms with Gasteiger partial charge in [-0.15, -0.1) is 0 Å². The van der Waals surface area contributed by atoms with Crippen LogP contribution in [0.2, 0.25) is 10.0 Å². The highest BCUT2D eigenvalue weighted by molar-refractivity contribution is 7.22. The van der Waals surface area contributed by atoms with Gasteiger partial charge in [-0.2, -0.15) is 0 Å². The van der Waals surface area contributed by atoms with Crippen molar-refractivity contribution in [2.24, 2.45) is 0 Å². The van der Waals surface area contributed by atoms with Crippen molar-refractivity contribution in [3.63, 3.8) is 0 Å². The summed E-state index contributed by atoms with van der Waals surface area (Å²) >= 11 is 13.5. The third kappa shape index (κ3) is 7.07. The van der Waals surface area contributed by atoms with Crippen LogP contribution in [0.4, 0.5) is 22.2 Å². The highest BCUT2D eigenvalue weighted by Crippen LogP contribution is 2.31. The van der Waals surface area contributed by atoms with E-state index in [1.165, 1.54) is 17.4 Å².